The second-order valence-electron chi connectivity index (χ2n) is 7.06. The molecule has 0 atom stereocenters. The number of hydrogen-bond acceptors (Lipinski definition) is 4. The van der Waals surface area contributed by atoms with Crippen LogP contribution in [0, 0.1) is 5.82 Å². The smallest absolute Gasteiger partial charge is 0.257 e. The van der Waals surface area contributed by atoms with Crippen LogP contribution in [-0.4, -0.2) is 50.5 Å². The van der Waals surface area contributed by atoms with Gasteiger partial charge in [-0.1, -0.05) is 30.3 Å². The van der Waals surface area contributed by atoms with E-state index in [0.29, 0.717) is 34.3 Å². The quantitative estimate of drug-likeness (QED) is 0.599. The molecule has 0 saturated heterocycles. The maximum absolute atomic E-state index is 13.4. The number of carbonyl (C=O) groups excluding carboxylic acids is 2. The Balaban J connectivity index is 1.74. The second-order valence-corrected chi connectivity index (χ2v) is 7.06. The van der Waals surface area contributed by atoms with Crippen LogP contribution in [0.2, 0.25) is 0 Å². The number of hydrogen-bond donors (Lipinski definition) is 2. The van der Waals surface area contributed by atoms with Crippen LogP contribution in [0.15, 0.2) is 60.7 Å². The predicted octanol–water partition coefficient (Wildman–Crippen LogP) is 3.29. The summed E-state index contributed by atoms with van der Waals surface area (Å²) in [6, 6.07) is 16.3. The first-order chi connectivity index (χ1) is 14.4. The van der Waals surface area contributed by atoms with Crippen LogP contribution in [0.25, 0.3) is 10.8 Å². The van der Waals surface area contributed by atoms with Crippen LogP contribution in [0.3, 0.4) is 0 Å². The van der Waals surface area contributed by atoms with Gasteiger partial charge in [0, 0.05) is 29.7 Å². The molecule has 0 fully saturated rings. The summed E-state index contributed by atoms with van der Waals surface area (Å²) in [4.78, 5) is 26.7. The Labute approximate surface area is 174 Å². The number of rotatable bonds is 8. The molecule has 0 bridgehead atoms. The Morgan fingerprint density at radius 2 is 1.77 bits per heavy atom. The fraction of sp³-hybridized carbons (Fsp3) is 0.217. The van der Waals surface area contributed by atoms with E-state index in [-0.39, 0.29) is 18.4 Å². The molecule has 2 amide bonds. The van der Waals surface area contributed by atoms with E-state index < -0.39 is 5.82 Å². The third kappa shape index (κ3) is 5.55. The van der Waals surface area contributed by atoms with E-state index in [4.69, 9.17) is 4.74 Å². The second kappa shape index (κ2) is 9.84. The molecule has 0 radical (unpaired) electrons. The molecule has 0 aromatic heterocycles. The Hall–Kier alpha value is -3.45. The molecule has 0 aliphatic heterocycles. The molecule has 6 nitrogen and oxygen atoms in total. The molecule has 0 unspecified atom stereocenters. The van der Waals surface area contributed by atoms with Crippen LogP contribution >= 0.6 is 0 Å². The SMILES string of the molecule is CN(C)CCNC(=O)COc1ccc(C(=O)Nc2cccc(F)c2)c2ccccc12. The van der Waals surface area contributed by atoms with Gasteiger partial charge in [-0.2, -0.15) is 0 Å². The topological polar surface area (TPSA) is 70.7 Å². The first-order valence-corrected chi connectivity index (χ1v) is 9.57. The highest BCUT2D eigenvalue weighted by molar-refractivity contribution is 6.14. The molecule has 2 N–H and O–H groups in total. The largest absolute Gasteiger partial charge is 0.483 e. The minimum absolute atomic E-state index is 0.119. The summed E-state index contributed by atoms with van der Waals surface area (Å²) in [5.41, 5.74) is 0.802. The molecule has 0 heterocycles. The van der Waals surface area contributed by atoms with E-state index in [0.717, 1.165) is 6.54 Å². The van der Waals surface area contributed by atoms with Crippen molar-refractivity contribution in [3.8, 4) is 5.75 Å². The first kappa shape index (κ1) is 21.3. The van der Waals surface area contributed by atoms with Crippen molar-refractivity contribution in [2.24, 2.45) is 0 Å². The zero-order chi connectivity index (χ0) is 21.5. The minimum atomic E-state index is -0.426. The van der Waals surface area contributed by atoms with Crippen molar-refractivity contribution in [2.45, 2.75) is 0 Å². The van der Waals surface area contributed by atoms with Gasteiger partial charge in [-0.3, -0.25) is 9.59 Å². The Morgan fingerprint density at radius 1 is 1.00 bits per heavy atom. The highest BCUT2D eigenvalue weighted by Crippen LogP contribution is 2.29. The lowest BCUT2D eigenvalue weighted by molar-refractivity contribution is -0.123. The van der Waals surface area contributed by atoms with E-state index >= 15 is 0 Å². The van der Waals surface area contributed by atoms with Crippen molar-refractivity contribution in [2.75, 3.05) is 39.1 Å². The zero-order valence-corrected chi connectivity index (χ0v) is 16.9. The number of nitrogens with zero attached hydrogens (tertiary/aromatic N) is 1. The van der Waals surface area contributed by atoms with Crippen molar-refractivity contribution >= 4 is 28.3 Å². The molecule has 3 aromatic rings. The fourth-order valence-electron chi connectivity index (χ4n) is 2.97. The van der Waals surface area contributed by atoms with Gasteiger partial charge in [-0.25, -0.2) is 4.39 Å². The molecule has 3 aromatic carbocycles. The monoisotopic (exact) mass is 409 g/mol. The number of halogens is 1. The van der Waals surface area contributed by atoms with E-state index in [1.165, 1.54) is 18.2 Å². The highest BCUT2D eigenvalue weighted by atomic mass is 19.1. The van der Waals surface area contributed by atoms with Crippen molar-refractivity contribution in [1.82, 2.24) is 10.2 Å². The Morgan fingerprint density at radius 3 is 2.50 bits per heavy atom. The first-order valence-electron chi connectivity index (χ1n) is 9.57. The predicted molar refractivity (Wildman–Crippen MR) is 115 cm³/mol. The van der Waals surface area contributed by atoms with Gasteiger partial charge in [0.1, 0.15) is 11.6 Å². The fourth-order valence-corrected chi connectivity index (χ4v) is 2.97. The lowest BCUT2D eigenvalue weighted by Crippen LogP contribution is -2.34. The summed E-state index contributed by atoms with van der Waals surface area (Å²) in [5, 5.41) is 6.89. The molecular weight excluding hydrogens is 385 g/mol. The molecule has 156 valence electrons. The lowest BCUT2D eigenvalue weighted by Gasteiger charge is -2.14. The van der Waals surface area contributed by atoms with Crippen molar-refractivity contribution < 1.29 is 18.7 Å². The summed E-state index contributed by atoms with van der Waals surface area (Å²) < 4.78 is 19.1. The van der Waals surface area contributed by atoms with E-state index in [1.807, 2.05) is 37.2 Å². The number of amides is 2. The molecule has 0 aliphatic rings. The number of benzene rings is 3. The zero-order valence-electron chi connectivity index (χ0n) is 16.9. The van der Waals surface area contributed by atoms with Gasteiger partial charge in [0.2, 0.25) is 0 Å². The summed E-state index contributed by atoms with van der Waals surface area (Å²) >= 11 is 0. The third-order valence-electron chi connectivity index (χ3n) is 4.45. The van der Waals surface area contributed by atoms with Crippen LogP contribution in [0.1, 0.15) is 10.4 Å². The number of likely N-dealkylation sites (N-methyl/N-ethyl adjacent to an activating group) is 1. The summed E-state index contributed by atoms with van der Waals surface area (Å²) in [5.74, 6) is -0.487. The Kier molecular flexibility index (Phi) is 6.98. The number of anilines is 1. The van der Waals surface area contributed by atoms with Gasteiger partial charge >= 0.3 is 0 Å². The van der Waals surface area contributed by atoms with Crippen molar-refractivity contribution in [3.05, 3.63) is 72.0 Å². The van der Waals surface area contributed by atoms with Crippen LogP contribution < -0.4 is 15.4 Å². The minimum Gasteiger partial charge on any atom is -0.483 e. The number of nitrogens with one attached hydrogen (secondary N) is 2. The van der Waals surface area contributed by atoms with Crippen LogP contribution in [0.5, 0.6) is 5.75 Å². The maximum atomic E-state index is 13.4. The molecule has 7 heteroatoms. The van der Waals surface area contributed by atoms with Gasteiger partial charge in [0.15, 0.2) is 6.61 Å². The molecule has 0 saturated carbocycles. The van der Waals surface area contributed by atoms with Crippen molar-refractivity contribution in [1.29, 1.82) is 0 Å². The standard InChI is InChI=1S/C23H24FN3O3/c1-27(2)13-12-25-22(28)15-30-21-11-10-20(18-8-3-4-9-19(18)21)23(29)26-17-7-5-6-16(24)14-17/h3-11,14H,12-13,15H2,1-2H3,(H,25,28)(H,26,29). The van der Waals surface area contributed by atoms with Gasteiger partial charge in [-0.15, -0.1) is 0 Å². The number of carbonyl (C=O) groups is 2. The Bertz CT molecular complexity index is 1050. The number of ether oxygens (including phenoxy) is 1. The summed E-state index contributed by atoms with van der Waals surface area (Å²) in [6.07, 6.45) is 0. The summed E-state index contributed by atoms with van der Waals surface area (Å²) in [6.45, 7) is 1.16. The normalized spacial score (nSPS) is 10.8. The molecule has 3 rings (SSSR count). The van der Waals surface area contributed by atoms with Gasteiger partial charge in [0.25, 0.3) is 11.8 Å². The average molecular weight is 409 g/mol. The van der Waals surface area contributed by atoms with E-state index in [2.05, 4.69) is 10.6 Å². The average Bonchev–Trinajstić information content (AvgIpc) is 2.71. The molecule has 30 heavy (non-hydrogen) atoms. The highest BCUT2D eigenvalue weighted by Gasteiger charge is 2.14. The van der Waals surface area contributed by atoms with E-state index in [9.17, 15) is 14.0 Å². The lowest BCUT2D eigenvalue weighted by atomic mass is 10.0. The van der Waals surface area contributed by atoms with Gasteiger partial charge in [0.05, 0.1) is 0 Å². The van der Waals surface area contributed by atoms with Crippen molar-refractivity contribution in [3.63, 3.8) is 0 Å². The maximum Gasteiger partial charge on any atom is 0.257 e. The molecular formula is C23H24FN3O3. The molecule has 0 spiro atoms. The van der Waals surface area contributed by atoms with Gasteiger partial charge < -0.3 is 20.3 Å². The molecule has 0 aliphatic carbocycles. The van der Waals surface area contributed by atoms with E-state index in [1.54, 1.807) is 24.3 Å². The third-order valence-corrected chi connectivity index (χ3v) is 4.45. The summed E-state index contributed by atoms with van der Waals surface area (Å²) in [7, 11) is 3.86. The van der Waals surface area contributed by atoms with Gasteiger partial charge in [-0.05, 0) is 49.8 Å². The van der Waals surface area contributed by atoms with Crippen LogP contribution in [0.4, 0.5) is 10.1 Å². The van der Waals surface area contributed by atoms with Crippen LogP contribution in [-0.2, 0) is 4.79 Å². The number of fused-ring (bicyclic) bond motifs is 1.